The number of hydrogen-bond acceptors (Lipinski definition) is 2. The van der Waals surface area contributed by atoms with Gasteiger partial charge in [0.2, 0.25) is 0 Å². The quantitative estimate of drug-likeness (QED) is 0.713. The second-order valence-electron chi connectivity index (χ2n) is 5.76. The van der Waals surface area contributed by atoms with E-state index >= 15 is 0 Å². The average molecular weight is 236 g/mol. The summed E-state index contributed by atoms with van der Waals surface area (Å²) in [4.78, 5) is 2.62. The average Bonchev–Trinajstić information content (AvgIpc) is 2.79. The van der Waals surface area contributed by atoms with Crippen molar-refractivity contribution in [3.05, 3.63) is 12.2 Å². The molecular formula is C15H28N2. The Labute approximate surface area is 106 Å². The van der Waals surface area contributed by atoms with Crippen molar-refractivity contribution in [3.63, 3.8) is 0 Å². The molecule has 1 heterocycles. The van der Waals surface area contributed by atoms with Crippen LogP contribution in [-0.4, -0.2) is 37.6 Å². The van der Waals surface area contributed by atoms with Crippen molar-refractivity contribution in [1.82, 2.24) is 10.2 Å². The Morgan fingerprint density at radius 1 is 1.18 bits per heavy atom. The molecule has 0 saturated carbocycles. The third-order valence-corrected chi connectivity index (χ3v) is 4.15. The molecule has 1 saturated heterocycles. The molecule has 2 unspecified atom stereocenters. The van der Waals surface area contributed by atoms with E-state index in [-0.39, 0.29) is 0 Å². The molecule has 2 heteroatoms. The van der Waals surface area contributed by atoms with Gasteiger partial charge >= 0.3 is 0 Å². The number of rotatable bonds is 6. The fraction of sp³-hybridized carbons (Fsp3) is 0.867. The van der Waals surface area contributed by atoms with E-state index in [0.29, 0.717) is 0 Å². The minimum absolute atomic E-state index is 0.896. The van der Waals surface area contributed by atoms with Gasteiger partial charge in [-0.05, 0) is 70.1 Å². The molecule has 98 valence electrons. The van der Waals surface area contributed by atoms with Crippen LogP contribution < -0.4 is 5.32 Å². The van der Waals surface area contributed by atoms with E-state index < -0.39 is 0 Å². The van der Waals surface area contributed by atoms with Crippen LogP contribution in [0.1, 0.15) is 39.0 Å². The zero-order valence-electron chi connectivity index (χ0n) is 11.3. The molecule has 1 N–H and O–H groups in total. The first-order chi connectivity index (χ1) is 8.38. The highest BCUT2D eigenvalue weighted by molar-refractivity contribution is 4.90. The Bertz CT molecular complexity index is 237. The van der Waals surface area contributed by atoms with Crippen molar-refractivity contribution in [2.75, 3.05) is 32.7 Å². The SMILES string of the molecule is CCCN1CCC(CNCC2CC=CCC2)C1. The minimum atomic E-state index is 0.896. The summed E-state index contributed by atoms with van der Waals surface area (Å²) in [5, 5.41) is 3.70. The van der Waals surface area contributed by atoms with Crippen molar-refractivity contribution in [1.29, 1.82) is 0 Å². The Balaban J connectivity index is 1.55. The summed E-state index contributed by atoms with van der Waals surface area (Å²) in [6.45, 7) is 8.69. The molecule has 0 aromatic heterocycles. The molecule has 2 atom stereocenters. The second kappa shape index (κ2) is 7.17. The molecule has 2 nitrogen and oxygen atoms in total. The second-order valence-corrected chi connectivity index (χ2v) is 5.76. The lowest BCUT2D eigenvalue weighted by Gasteiger charge is -2.20. The van der Waals surface area contributed by atoms with Crippen LogP contribution in [0.15, 0.2) is 12.2 Å². The Hall–Kier alpha value is -0.340. The lowest BCUT2D eigenvalue weighted by atomic mass is 9.94. The van der Waals surface area contributed by atoms with E-state index in [1.54, 1.807) is 0 Å². The molecule has 17 heavy (non-hydrogen) atoms. The highest BCUT2D eigenvalue weighted by atomic mass is 15.1. The lowest BCUT2D eigenvalue weighted by molar-refractivity contribution is 0.319. The third kappa shape index (κ3) is 4.44. The predicted molar refractivity (Wildman–Crippen MR) is 74.2 cm³/mol. The van der Waals surface area contributed by atoms with E-state index in [1.165, 1.54) is 64.8 Å². The topological polar surface area (TPSA) is 15.3 Å². The fourth-order valence-electron chi connectivity index (χ4n) is 3.13. The van der Waals surface area contributed by atoms with Crippen molar-refractivity contribution in [3.8, 4) is 0 Å². The van der Waals surface area contributed by atoms with Gasteiger partial charge in [0, 0.05) is 6.54 Å². The summed E-state index contributed by atoms with van der Waals surface area (Å²) in [5.41, 5.74) is 0. The van der Waals surface area contributed by atoms with E-state index in [2.05, 4.69) is 29.3 Å². The summed E-state index contributed by atoms with van der Waals surface area (Å²) in [6.07, 6.45) is 11.4. The molecule has 1 fully saturated rings. The van der Waals surface area contributed by atoms with Crippen LogP contribution in [0.25, 0.3) is 0 Å². The molecule has 0 radical (unpaired) electrons. The van der Waals surface area contributed by atoms with Crippen molar-refractivity contribution in [2.24, 2.45) is 11.8 Å². The Morgan fingerprint density at radius 3 is 2.82 bits per heavy atom. The van der Waals surface area contributed by atoms with Gasteiger partial charge in [0.25, 0.3) is 0 Å². The fourth-order valence-corrected chi connectivity index (χ4v) is 3.13. The first-order valence-corrected chi connectivity index (χ1v) is 7.46. The maximum atomic E-state index is 3.70. The molecule has 0 spiro atoms. The van der Waals surface area contributed by atoms with Gasteiger partial charge in [0.05, 0.1) is 0 Å². The van der Waals surface area contributed by atoms with Gasteiger partial charge in [-0.1, -0.05) is 19.1 Å². The Kier molecular flexibility index (Phi) is 5.53. The monoisotopic (exact) mass is 236 g/mol. The highest BCUT2D eigenvalue weighted by Crippen LogP contribution is 2.18. The van der Waals surface area contributed by atoms with E-state index in [1.807, 2.05) is 0 Å². The predicted octanol–water partition coefficient (Wildman–Crippen LogP) is 2.66. The molecule has 2 rings (SSSR count). The standard InChI is InChI=1S/C15H28N2/c1-2-9-17-10-8-15(13-17)12-16-11-14-6-4-3-5-7-14/h3-4,14-16H,2,5-13H2,1H3. The van der Waals surface area contributed by atoms with Crippen LogP contribution in [-0.2, 0) is 0 Å². The van der Waals surface area contributed by atoms with E-state index in [0.717, 1.165) is 11.8 Å². The van der Waals surface area contributed by atoms with Gasteiger partial charge < -0.3 is 10.2 Å². The minimum Gasteiger partial charge on any atom is -0.316 e. The summed E-state index contributed by atoms with van der Waals surface area (Å²) >= 11 is 0. The van der Waals surface area contributed by atoms with Crippen molar-refractivity contribution < 1.29 is 0 Å². The number of likely N-dealkylation sites (tertiary alicyclic amines) is 1. The highest BCUT2D eigenvalue weighted by Gasteiger charge is 2.21. The molecule has 1 aliphatic heterocycles. The number of hydrogen-bond donors (Lipinski definition) is 1. The number of nitrogens with one attached hydrogen (secondary N) is 1. The first-order valence-electron chi connectivity index (χ1n) is 7.46. The van der Waals surface area contributed by atoms with E-state index in [4.69, 9.17) is 0 Å². The van der Waals surface area contributed by atoms with Crippen LogP contribution in [0.4, 0.5) is 0 Å². The van der Waals surface area contributed by atoms with Crippen LogP contribution in [0, 0.1) is 11.8 Å². The van der Waals surface area contributed by atoms with Crippen molar-refractivity contribution >= 4 is 0 Å². The largest absolute Gasteiger partial charge is 0.316 e. The van der Waals surface area contributed by atoms with Gasteiger partial charge in [-0.15, -0.1) is 0 Å². The maximum Gasteiger partial charge on any atom is 0.00223 e. The summed E-state index contributed by atoms with van der Waals surface area (Å²) in [6, 6.07) is 0. The summed E-state index contributed by atoms with van der Waals surface area (Å²) < 4.78 is 0. The maximum absolute atomic E-state index is 3.70. The summed E-state index contributed by atoms with van der Waals surface area (Å²) in [7, 11) is 0. The number of nitrogens with zero attached hydrogens (tertiary/aromatic N) is 1. The molecular weight excluding hydrogens is 208 g/mol. The number of allylic oxidation sites excluding steroid dienone is 2. The van der Waals surface area contributed by atoms with Gasteiger partial charge in [-0.2, -0.15) is 0 Å². The van der Waals surface area contributed by atoms with Crippen LogP contribution in [0.3, 0.4) is 0 Å². The molecule has 0 amide bonds. The zero-order chi connectivity index (χ0) is 11.9. The Morgan fingerprint density at radius 2 is 2.06 bits per heavy atom. The zero-order valence-corrected chi connectivity index (χ0v) is 11.3. The van der Waals surface area contributed by atoms with Crippen LogP contribution in [0.2, 0.25) is 0 Å². The molecule has 0 bridgehead atoms. The first kappa shape index (κ1) is 13.1. The van der Waals surface area contributed by atoms with E-state index in [9.17, 15) is 0 Å². The van der Waals surface area contributed by atoms with Crippen LogP contribution in [0.5, 0.6) is 0 Å². The van der Waals surface area contributed by atoms with Crippen molar-refractivity contribution in [2.45, 2.75) is 39.0 Å². The molecule has 1 aliphatic carbocycles. The normalized spacial score (nSPS) is 29.9. The lowest BCUT2D eigenvalue weighted by Crippen LogP contribution is -2.30. The third-order valence-electron chi connectivity index (χ3n) is 4.15. The van der Waals surface area contributed by atoms with Gasteiger partial charge in [-0.3, -0.25) is 0 Å². The summed E-state index contributed by atoms with van der Waals surface area (Å²) in [5.74, 6) is 1.80. The molecule has 0 aromatic rings. The van der Waals surface area contributed by atoms with Gasteiger partial charge in [-0.25, -0.2) is 0 Å². The molecule has 0 aromatic carbocycles. The van der Waals surface area contributed by atoms with Crippen LogP contribution >= 0.6 is 0 Å². The smallest absolute Gasteiger partial charge is 0.00223 e. The molecule has 2 aliphatic rings. The van der Waals surface area contributed by atoms with Gasteiger partial charge in [0.15, 0.2) is 0 Å². The van der Waals surface area contributed by atoms with Gasteiger partial charge in [0.1, 0.15) is 0 Å².